The van der Waals surface area contributed by atoms with Gasteiger partial charge in [0.25, 0.3) is 0 Å². The van der Waals surface area contributed by atoms with Crippen molar-refractivity contribution < 1.29 is 5.11 Å². The van der Waals surface area contributed by atoms with Gasteiger partial charge in [-0.3, -0.25) is 4.98 Å². The largest absolute Gasteiger partial charge is 0.384 e. The maximum atomic E-state index is 10.7. The van der Waals surface area contributed by atoms with Crippen LogP contribution in [0.2, 0.25) is 10.2 Å². The number of rotatable bonds is 3. The molecule has 0 radical (unpaired) electrons. The minimum atomic E-state index is -0.769. The number of aliphatic hydroxyl groups is 1. The molecular weight excluding hydrogens is 367 g/mol. The van der Waals surface area contributed by atoms with Gasteiger partial charge in [0.2, 0.25) is 0 Å². The van der Waals surface area contributed by atoms with E-state index in [0.717, 1.165) is 22.1 Å². The van der Waals surface area contributed by atoms with E-state index in [9.17, 15) is 5.11 Å². The summed E-state index contributed by atoms with van der Waals surface area (Å²) in [6.07, 6.45) is 2.54. The molecular formula is C21H14Cl2N2O. The van der Waals surface area contributed by atoms with Crippen LogP contribution >= 0.6 is 23.2 Å². The third-order valence-corrected chi connectivity index (χ3v) is 4.97. The van der Waals surface area contributed by atoms with Crippen LogP contribution in [0, 0.1) is 0 Å². The highest BCUT2D eigenvalue weighted by atomic mass is 35.5. The molecule has 0 spiro atoms. The highest BCUT2D eigenvalue weighted by Crippen LogP contribution is 2.39. The molecule has 0 amide bonds. The van der Waals surface area contributed by atoms with E-state index in [1.807, 2.05) is 48.5 Å². The van der Waals surface area contributed by atoms with Gasteiger partial charge in [-0.2, -0.15) is 0 Å². The third kappa shape index (κ3) is 3.06. The molecule has 0 bridgehead atoms. The molecule has 4 aromatic rings. The fourth-order valence-electron chi connectivity index (χ4n) is 2.97. The van der Waals surface area contributed by atoms with Crippen molar-refractivity contribution in [3.63, 3.8) is 0 Å². The molecule has 4 rings (SSSR count). The number of hydrogen-bond donors (Lipinski definition) is 1. The summed E-state index contributed by atoms with van der Waals surface area (Å²) in [6.45, 7) is 0. The van der Waals surface area contributed by atoms with E-state index >= 15 is 0 Å². The zero-order chi connectivity index (χ0) is 18.1. The van der Waals surface area contributed by atoms with Gasteiger partial charge >= 0.3 is 0 Å². The summed E-state index contributed by atoms with van der Waals surface area (Å²) in [7, 11) is 0. The molecule has 0 fully saturated rings. The number of aromatic nitrogens is 2. The van der Waals surface area contributed by atoms with Gasteiger partial charge in [-0.25, -0.2) is 4.98 Å². The van der Waals surface area contributed by atoms with Crippen LogP contribution in [-0.4, -0.2) is 15.1 Å². The highest BCUT2D eigenvalue weighted by Gasteiger charge is 2.17. The molecule has 0 saturated carbocycles. The molecule has 26 heavy (non-hydrogen) atoms. The standard InChI is InChI=1S/C21H14Cl2N2O/c22-19-16-12-15(20(26)14-8-10-24-11-9-14)6-7-17(16)25-21(23)18(19)13-4-2-1-3-5-13/h1-12,20,26H. The quantitative estimate of drug-likeness (QED) is 0.464. The Bertz CT molecular complexity index is 1070. The highest BCUT2D eigenvalue weighted by molar-refractivity contribution is 6.42. The predicted octanol–water partition coefficient (Wildman–Crippen LogP) is 5.69. The zero-order valence-electron chi connectivity index (χ0n) is 13.6. The monoisotopic (exact) mass is 380 g/mol. The lowest BCUT2D eigenvalue weighted by Crippen LogP contribution is -2.00. The van der Waals surface area contributed by atoms with Crippen molar-refractivity contribution in [1.29, 1.82) is 0 Å². The second kappa shape index (κ2) is 7.04. The van der Waals surface area contributed by atoms with Gasteiger partial charge in [0.05, 0.1) is 10.5 Å². The maximum absolute atomic E-state index is 10.7. The van der Waals surface area contributed by atoms with Crippen molar-refractivity contribution in [2.45, 2.75) is 6.10 Å². The Balaban J connectivity index is 1.88. The lowest BCUT2D eigenvalue weighted by atomic mass is 9.99. The van der Waals surface area contributed by atoms with Crippen LogP contribution in [0.15, 0.2) is 73.1 Å². The van der Waals surface area contributed by atoms with Gasteiger partial charge in [0.1, 0.15) is 11.3 Å². The molecule has 1 N–H and O–H groups in total. The number of pyridine rings is 2. The fourth-order valence-corrected chi connectivity index (χ4v) is 3.67. The average molecular weight is 381 g/mol. The number of benzene rings is 2. The van der Waals surface area contributed by atoms with Crippen LogP contribution in [0.1, 0.15) is 17.2 Å². The minimum absolute atomic E-state index is 0.358. The van der Waals surface area contributed by atoms with E-state index in [0.29, 0.717) is 21.3 Å². The molecule has 1 atom stereocenters. The van der Waals surface area contributed by atoms with Gasteiger partial charge < -0.3 is 5.11 Å². The molecule has 2 aromatic heterocycles. The SMILES string of the molecule is OC(c1ccncc1)c1ccc2nc(Cl)c(-c3ccccc3)c(Cl)c2c1. The van der Waals surface area contributed by atoms with Crippen molar-refractivity contribution in [3.05, 3.63) is 94.4 Å². The van der Waals surface area contributed by atoms with Crippen molar-refractivity contribution in [2.75, 3.05) is 0 Å². The Morgan fingerprint density at radius 2 is 1.58 bits per heavy atom. The predicted molar refractivity (Wildman–Crippen MR) is 105 cm³/mol. The summed E-state index contributed by atoms with van der Waals surface area (Å²) in [4.78, 5) is 8.46. The molecule has 1 unspecified atom stereocenters. The van der Waals surface area contributed by atoms with Crippen LogP contribution in [0.5, 0.6) is 0 Å². The third-order valence-electron chi connectivity index (χ3n) is 4.30. The van der Waals surface area contributed by atoms with E-state index < -0.39 is 6.10 Å². The Morgan fingerprint density at radius 3 is 2.31 bits per heavy atom. The molecule has 3 nitrogen and oxygen atoms in total. The lowest BCUT2D eigenvalue weighted by Gasteiger charge is -2.14. The number of nitrogens with zero attached hydrogens (tertiary/aromatic N) is 2. The van der Waals surface area contributed by atoms with Crippen LogP contribution in [0.25, 0.3) is 22.0 Å². The van der Waals surface area contributed by atoms with Gasteiger partial charge in [0.15, 0.2) is 0 Å². The molecule has 0 aliphatic rings. The number of halogens is 2. The van der Waals surface area contributed by atoms with Gasteiger partial charge in [-0.1, -0.05) is 59.6 Å². The molecule has 2 heterocycles. The molecule has 0 aliphatic carbocycles. The lowest BCUT2D eigenvalue weighted by molar-refractivity contribution is 0.220. The fraction of sp³-hybridized carbons (Fsp3) is 0.0476. The topological polar surface area (TPSA) is 46.0 Å². The Kier molecular flexibility index (Phi) is 4.60. The van der Waals surface area contributed by atoms with E-state index in [1.165, 1.54) is 0 Å². The Hall–Kier alpha value is -2.46. The summed E-state index contributed by atoms with van der Waals surface area (Å²) in [6, 6.07) is 18.7. The summed E-state index contributed by atoms with van der Waals surface area (Å²) >= 11 is 13.1. The first-order chi connectivity index (χ1) is 12.6. The normalized spacial score (nSPS) is 12.3. The van der Waals surface area contributed by atoms with Crippen molar-refractivity contribution in [3.8, 4) is 11.1 Å². The summed E-state index contributed by atoms with van der Waals surface area (Å²) in [5, 5.41) is 12.3. The Morgan fingerprint density at radius 1 is 0.846 bits per heavy atom. The number of aliphatic hydroxyl groups excluding tert-OH is 1. The Labute approximate surface area is 160 Å². The molecule has 128 valence electrons. The average Bonchev–Trinajstić information content (AvgIpc) is 2.69. The first-order valence-corrected chi connectivity index (χ1v) is 8.83. The van der Waals surface area contributed by atoms with Crippen molar-refractivity contribution in [1.82, 2.24) is 9.97 Å². The van der Waals surface area contributed by atoms with Crippen LogP contribution in [-0.2, 0) is 0 Å². The van der Waals surface area contributed by atoms with Crippen molar-refractivity contribution in [2.24, 2.45) is 0 Å². The maximum Gasteiger partial charge on any atom is 0.139 e. The van der Waals surface area contributed by atoms with Gasteiger partial charge in [-0.15, -0.1) is 0 Å². The second-order valence-corrected chi connectivity index (χ2v) is 6.65. The number of hydrogen-bond acceptors (Lipinski definition) is 3. The molecule has 0 saturated heterocycles. The zero-order valence-corrected chi connectivity index (χ0v) is 15.1. The van der Waals surface area contributed by atoms with Crippen LogP contribution in [0.3, 0.4) is 0 Å². The van der Waals surface area contributed by atoms with Crippen LogP contribution in [0.4, 0.5) is 0 Å². The first-order valence-electron chi connectivity index (χ1n) is 8.07. The van der Waals surface area contributed by atoms with E-state index in [1.54, 1.807) is 24.5 Å². The van der Waals surface area contributed by atoms with Crippen molar-refractivity contribution >= 4 is 34.1 Å². The van der Waals surface area contributed by atoms with E-state index in [2.05, 4.69) is 9.97 Å². The van der Waals surface area contributed by atoms with Gasteiger partial charge in [-0.05, 0) is 41.0 Å². The molecule has 0 aliphatic heterocycles. The van der Waals surface area contributed by atoms with Crippen LogP contribution < -0.4 is 0 Å². The second-order valence-electron chi connectivity index (χ2n) is 5.92. The number of fused-ring (bicyclic) bond motifs is 1. The summed E-state index contributed by atoms with van der Waals surface area (Å²) in [5.74, 6) is 0. The van der Waals surface area contributed by atoms with E-state index in [-0.39, 0.29) is 0 Å². The molecule has 5 heteroatoms. The summed E-state index contributed by atoms with van der Waals surface area (Å²) in [5.41, 5.74) is 3.77. The molecule has 2 aromatic carbocycles. The summed E-state index contributed by atoms with van der Waals surface area (Å²) < 4.78 is 0. The van der Waals surface area contributed by atoms with Gasteiger partial charge in [0, 0.05) is 23.3 Å². The van der Waals surface area contributed by atoms with E-state index in [4.69, 9.17) is 23.2 Å². The first kappa shape index (κ1) is 17.0. The minimum Gasteiger partial charge on any atom is -0.384 e. The smallest absolute Gasteiger partial charge is 0.139 e.